The maximum atomic E-state index is 15.1. The SMILES string of the molecule is Cn1nc([C@H](c2ccc(Cl)c(F)c2)[C@H](N)C(=O)Nc2cncc(F)c2CC[C@H]2CN[C@@H]3CCCS(O)(O)N2C3)cc1C(F)(F)F. The standard InChI is InChI=1S/C28H33ClF5N7O3S/c1-40-24(28(32,33)34)10-22(39-40)25(15-4-7-19(29)20(30)9-15)26(35)27(42)38-23-13-36-12-21(31)18(23)6-5-17-11-37-16-3-2-8-45(43,44)41(17)14-16/h4,7,9-10,12-13,16-17,25-26,37,43-44H,2-3,5-6,8,11,14,35H2,1H3,(H,38,42)/t16-,17+,25+,26+/m1/s1. The van der Waals surface area contributed by atoms with Crippen molar-refractivity contribution in [3.05, 3.63) is 75.8 Å². The second-order valence-corrected chi connectivity index (χ2v) is 13.8. The van der Waals surface area contributed by atoms with Crippen LogP contribution in [0.15, 0.2) is 36.7 Å². The number of anilines is 1. The van der Waals surface area contributed by atoms with Gasteiger partial charge in [0.2, 0.25) is 5.91 Å². The topological polar surface area (TPSA) is 142 Å². The summed E-state index contributed by atoms with van der Waals surface area (Å²) in [5.41, 5.74) is 5.10. The zero-order valence-electron chi connectivity index (χ0n) is 24.1. The first-order valence-corrected chi connectivity index (χ1v) is 16.2. The van der Waals surface area contributed by atoms with E-state index in [1.165, 1.54) is 18.3 Å². The first-order valence-electron chi connectivity index (χ1n) is 14.2. The molecule has 0 spiro atoms. The van der Waals surface area contributed by atoms with Gasteiger partial charge in [0.05, 0.1) is 46.5 Å². The van der Waals surface area contributed by atoms with Gasteiger partial charge in [-0.2, -0.15) is 18.3 Å². The summed E-state index contributed by atoms with van der Waals surface area (Å²) in [4.78, 5) is 17.4. The van der Waals surface area contributed by atoms with Crippen LogP contribution in [0.4, 0.5) is 27.6 Å². The zero-order valence-corrected chi connectivity index (χ0v) is 25.6. The van der Waals surface area contributed by atoms with Gasteiger partial charge in [-0.1, -0.05) is 17.7 Å². The van der Waals surface area contributed by atoms with Gasteiger partial charge in [-0.05, 0) is 49.4 Å². The maximum absolute atomic E-state index is 15.1. The van der Waals surface area contributed by atoms with Crippen molar-refractivity contribution in [1.29, 1.82) is 0 Å². The van der Waals surface area contributed by atoms with Crippen molar-refractivity contribution in [2.24, 2.45) is 12.8 Å². The predicted molar refractivity (Wildman–Crippen MR) is 160 cm³/mol. The first-order chi connectivity index (χ1) is 21.2. The van der Waals surface area contributed by atoms with Crippen molar-refractivity contribution in [2.45, 2.75) is 55.9 Å². The van der Waals surface area contributed by atoms with Crippen LogP contribution in [0.2, 0.25) is 5.02 Å². The van der Waals surface area contributed by atoms with Gasteiger partial charge in [-0.3, -0.25) is 23.6 Å². The lowest BCUT2D eigenvalue weighted by Crippen LogP contribution is -2.55. The molecular weight excluding hydrogens is 645 g/mol. The highest BCUT2D eigenvalue weighted by molar-refractivity contribution is 8.22. The molecule has 2 bridgehead atoms. The van der Waals surface area contributed by atoms with Gasteiger partial charge in [-0.25, -0.2) is 13.1 Å². The Morgan fingerprint density at radius 3 is 2.69 bits per heavy atom. The fourth-order valence-corrected chi connectivity index (χ4v) is 7.93. The molecule has 6 N–H and O–H groups in total. The molecule has 1 unspecified atom stereocenters. The molecule has 5 rings (SSSR count). The number of carbonyl (C=O) groups excluding carboxylic acids is 1. The van der Waals surface area contributed by atoms with Crippen LogP contribution in [0, 0.1) is 11.6 Å². The number of pyridine rings is 1. The Morgan fingerprint density at radius 1 is 1.24 bits per heavy atom. The Morgan fingerprint density at radius 2 is 2.00 bits per heavy atom. The largest absolute Gasteiger partial charge is 0.433 e. The minimum Gasteiger partial charge on any atom is -0.323 e. The van der Waals surface area contributed by atoms with E-state index in [-0.39, 0.29) is 51.8 Å². The maximum Gasteiger partial charge on any atom is 0.433 e. The number of alkyl halides is 3. The number of nitrogens with one attached hydrogen (secondary N) is 2. The van der Waals surface area contributed by atoms with E-state index < -0.39 is 52.1 Å². The number of carbonyl (C=O) groups is 1. The van der Waals surface area contributed by atoms with E-state index >= 15 is 4.39 Å². The first kappa shape index (κ1) is 33.5. The van der Waals surface area contributed by atoms with Crippen molar-refractivity contribution >= 4 is 34.0 Å². The van der Waals surface area contributed by atoms with E-state index in [4.69, 9.17) is 17.3 Å². The van der Waals surface area contributed by atoms with E-state index in [9.17, 15) is 31.5 Å². The summed E-state index contributed by atoms with van der Waals surface area (Å²) in [6, 6.07) is 2.41. The molecule has 2 aliphatic rings. The second kappa shape index (κ2) is 13.1. The number of halogens is 6. The number of fused-ring (bicyclic) bond motifs is 2. The van der Waals surface area contributed by atoms with Crippen LogP contribution >= 0.6 is 22.4 Å². The van der Waals surface area contributed by atoms with Crippen LogP contribution in [0.3, 0.4) is 0 Å². The molecule has 0 radical (unpaired) electrons. The molecular formula is C28H33ClF5N7O3S. The molecule has 1 amide bonds. The lowest BCUT2D eigenvalue weighted by molar-refractivity contribution is -0.143. The molecule has 10 nitrogen and oxygen atoms in total. The third-order valence-corrected chi connectivity index (χ3v) is 10.6. The van der Waals surface area contributed by atoms with Gasteiger partial charge in [0.1, 0.15) is 17.3 Å². The zero-order chi connectivity index (χ0) is 32.7. The van der Waals surface area contributed by atoms with Crippen molar-refractivity contribution < 1.29 is 35.9 Å². The summed E-state index contributed by atoms with van der Waals surface area (Å²) in [5.74, 6) is -3.60. The Kier molecular flexibility index (Phi) is 9.75. The van der Waals surface area contributed by atoms with Crippen molar-refractivity contribution in [2.75, 3.05) is 24.2 Å². The number of aromatic nitrogens is 3. The average Bonchev–Trinajstić information content (AvgIpc) is 3.31. The van der Waals surface area contributed by atoms with Gasteiger partial charge in [0.25, 0.3) is 0 Å². The minimum absolute atomic E-state index is 0.0161. The predicted octanol–water partition coefficient (Wildman–Crippen LogP) is 4.90. The number of amides is 1. The van der Waals surface area contributed by atoms with Gasteiger partial charge in [-0.15, -0.1) is 10.8 Å². The summed E-state index contributed by atoms with van der Waals surface area (Å²) >= 11 is 5.81. The smallest absolute Gasteiger partial charge is 0.323 e. The quantitative estimate of drug-likeness (QED) is 0.212. The number of nitrogens with zero attached hydrogens (tertiary/aromatic N) is 4. The summed E-state index contributed by atoms with van der Waals surface area (Å²) in [7, 11) is -1.91. The highest BCUT2D eigenvalue weighted by Gasteiger charge is 2.40. The Bertz CT molecular complexity index is 1560. The lowest BCUT2D eigenvalue weighted by atomic mass is 9.88. The van der Waals surface area contributed by atoms with Crippen molar-refractivity contribution in [3.8, 4) is 0 Å². The average molecular weight is 678 g/mol. The van der Waals surface area contributed by atoms with Gasteiger partial charge >= 0.3 is 6.18 Å². The van der Waals surface area contributed by atoms with Crippen LogP contribution in [-0.4, -0.2) is 71.1 Å². The summed E-state index contributed by atoms with van der Waals surface area (Å²) in [5, 5.41) is 9.63. The van der Waals surface area contributed by atoms with Crippen LogP contribution in [0.5, 0.6) is 0 Å². The molecule has 17 heteroatoms. The van der Waals surface area contributed by atoms with Crippen LogP contribution in [0.1, 0.15) is 47.7 Å². The minimum atomic E-state index is -4.76. The molecule has 1 aromatic carbocycles. The van der Waals surface area contributed by atoms with Crippen LogP contribution in [-0.2, 0) is 24.4 Å². The van der Waals surface area contributed by atoms with Crippen molar-refractivity contribution in [3.63, 3.8) is 0 Å². The number of benzene rings is 1. The Balaban J connectivity index is 1.40. The molecule has 2 aliphatic heterocycles. The number of nitrogens with two attached hydrogens (primary N) is 1. The monoisotopic (exact) mass is 677 g/mol. The molecule has 2 aromatic heterocycles. The molecule has 45 heavy (non-hydrogen) atoms. The molecule has 4 heterocycles. The van der Waals surface area contributed by atoms with E-state index in [2.05, 4.69) is 20.7 Å². The Labute approximate surface area is 262 Å². The second-order valence-electron chi connectivity index (χ2n) is 11.3. The van der Waals surface area contributed by atoms with Gasteiger partial charge in [0.15, 0.2) is 0 Å². The number of piperazine rings is 1. The van der Waals surface area contributed by atoms with Crippen molar-refractivity contribution in [1.82, 2.24) is 24.4 Å². The van der Waals surface area contributed by atoms with E-state index in [0.29, 0.717) is 30.6 Å². The number of hydrogen-bond acceptors (Lipinski definition) is 8. The number of hydrogen-bond donors (Lipinski definition) is 5. The molecule has 2 saturated heterocycles. The highest BCUT2D eigenvalue weighted by Crippen LogP contribution is 2.49. The third-order valence-electron chi connectivity index (χ3n) is 8.26. The molecule has 3 aromatic rings. The van der Waals surface area contributed by atoms with Gasteiger partial charge in [0, 0.05) is 37.8 Å². The Hall–Kier alpha value is -2.86. The highest BCUT2D eigenvalue weighted by atomic mass is 35.5. The normalized spacial score (nSPS) is 23.6. The van der Waals surface area contributed by atoms with E-state index in [1.54, 1.807) is 4.31 Å². The van der Waals surface area contributed by atoms with Crippen LogP contribution in [0.25, 0.3) is 0 Å². The summed E-state index contributed by atoms with van der Waals surface area (Å²) < 4.78 is 94.1. The third kappa shape index (κ3) is 7.26. The summed E-state index contributed by atoms with van der Waals surface area (Å²) in [6.45, 7) is 0.906. The molecule has 5 atom stereocenters. The fraction of sp³-hybridized carbons (Fsp3) is 0.464. The number of aryl methyl sites for hydroxylation is 1. The van der Waals surface area contributed by atoms with E-state index in [0.717, 1.165) is 31.8 Å². The fourth-order valence-electron chi connectivity index (χ4n) is 5.95. The lowest BCUT2D eigenvalue weighted by Gasteiger charge is -2.49. The van der Waals surface area contributed by atoms with Gasteiger partial charge < -0.3 is 16.4 Å². The molecule has 0 saturated carbocycles. The number of rotatable bonds is 8. The molecule has 246 valence electrons. The van der Waals surface area contributed by atoms with E-state index in [1.807, 2.05) is 0 Å². The molecule has 0 aliphatic carbocycles. The van der Waals surface area contributed by atoms with Crippen LogP contribution < -0.4 is 16.4 Å². The molecule has 2 fully saturated rings. The summed E-state index contributed by atoms with van der Waals surface area (Å²) in [6.07, 6.45) is -0.690.